The topological polar surface area (TPSA) is 45.4 Å². The standard InChI is InChI=1S/C17H22N4/c18-15-11-19-16-4-2-1-3-14(16)17(15)21-9-7-20(8-10-21)12-13-5-6-13/h1-4,11,13H,5-10,12,18H2. The number of para-hydroxylation sites is 1. The van der Waals surface area contributed by atoms with Crippen LogP contribution in [0.5, 0.6) is 0 Å². The molecule has 0 spiro atoms. The molecule has 2 aromatic rings. The molecule has 2 N–H and O–H groups in total. The van der Waals surface area contributed by atoms with Crippen LogP contribution >= 0.6 is 0 Å². The van der Waals surface area contributed by atoms with E-state index in [4.69, 9.17) is 5.73 Å². The van der Waals surface area contributed by atoms with Crippen molar-refractivity contribution < 1.29 is 0 Å². The molecule has 4 heteroatoms. The van der Waals surface area contributed by atoms with Crippen molar-refractivity contribution in [3.05, 3.63) is 30.5 Å². The van der Waals surface area contributed by atoms with Crippen LogP contribution in [0.1, 0.15) is 12.8 Å². The van der Waals surface area contributed by atoms with Gasteiger partial charge in [-0.3, -0.25) is 9.88 Å². The van der Waals surface area contributed by atoms with E-state index in [1.165, 1.54) is 30.5 Å². The van der Waals surface area contributed by atoms with Gasteiger partial charge < -0.3 is 10.6 Å². The minimum Gasteiger partial charge on any atom is -0.396 e. The predicted molar refractivity (Wildman–Crippen MR) is 87.5 cm³/mol. The van der Waals surface area contributed by atoms with Gasteiger partial charge in [-0.1, -0.05) is 18.2 Å². The molecule has 110 valence electrons. The number of nitrogen functional groups attached to an aromatic ring is 1. The zero-order valence-corrected chi connectivity index (χ0v) is 12.3. The van der Waals surface area contributed by atoms with Crippen LogP contribution in [0.15, 0.2) is 30.5 Å². The molecule has 2 fully saturated rings. The predicted octanol–water partition coefficient (Wildman–Crippen LogP) is 2.35. The fourth-order valence-electron chi connectivity index (χ4n) is 3.31. The maximum absolute atomic E-state index is 6.23. The molecular formula is C17H22N4. The van der Waals surface area contributed by atoms with Crippen LogP contribution in [0.4, 0.5) is 11.4 Å². The van der Waals surface area contributed by atoms with Crippen molar-refractivity contribution in [3.63, 3.8) is 0 Å². The van der Waals surface area contributed by atoms with E-state index < -0.39 is 0 Å². The third-order valence-electron chi connectivity index (χ3n) is 4.68. The second kappa shape index (κ2) is 5.19. The van der Waals surface area contributed by atoms with Crippen LogP contribution < -0.4 is 10.6 Å². The molecule has 1 saturated carbocycles. The molecule has 21 heavy (non-hydrogen) atoms. The number of nitrogens with two attached hydrogens (primary N) is 1. The van der Waals surface area contributed by atoms with Crippen LogP contribution in [0.3, 0.4) is 0 Å². The second-order valence-electron chi connectivity index (χ2n) is 6.31. The smallest absolute Gasteiger partial charge is 0.0745 e. The lowest BCUT2D eigenvalue weighted by molar-refractivity contribution is 0.248. The molecule has 1 aliphatic heterocycles. The molecule has 1 aliphatic carbocycles. The first-order valence-corrected chi connectivity index (χ1v) is 7.92. The average molecular weight is 282 g/mol. The van der Waals surface area contributed by atoms with E-state index in [9.17, 15) is 0 Å². The first-order chi connectivity index (χ1) is 10.3. The zero-order chi connectivity index (χ0) is 14.2. The summed E-state index contributed by atoms with van der Waals surface area (Å²) in [5.41, 5.74) is 9.22. The molecule has 0 radical (unpaired) electrons. The third-order valence-corrected chi connectivity index (χ3v) is 4.68. The van der Waals surface area contributed by atoms with Crippen molar-refractivity contribution in [2.24, 2.45) is 5.92 Å². The number of benzene rings is 1. The molecule has 0 amide bonds. The molecule has 0 bridgehead atoms. The number of nitrogens with zero attached hydrogens (tertiary/aromatic N) is 3. The Morgan fingerprint density at radius 2 is 1.86 bits per heavy atom. The first kappa shape index (κ1) is 12.9. The molecule has 2 heterocycles. The number of rotatable bonds is 3. The van der Waals surface area contributed by atoms with Gasteiger partial charge in [-0.15, -0.1) is 0 Å². The van der Waals surface area contributed by atoms with Gasteiger partial charge in [-0.2, -0.15) is 0 Å². The van der Waals surface area contributed by atoms with Gasteiger partial charge in [-0.25, -0.2) is 0 Å². The molecule has 0 unspecified atom stereocenters. The lowest BCUT2D eigenvalue weighted by Crippen LogP contribution is -2.47. The highest BCUT2D eigenvalue weighted by Gasteiger charge is 2.27. The van der Waals surface area contributed by atoms with Gasteiger partial charge in [0.05, 0.1) is 23.1 Å². The Kier molecular flexibility index (Phi) is 3.19. The maximum Gasteiger partial charge on any atom is 0.0745 e. The van der Waals surface area contributed by atoms with E-state index in [-0.39, 0.29) is 0 Å². The highest BCUT2D eigenvalue weighted by Crippen LogP contribution is 2.33. The summed E-state index contributed by atoms with van der Waals surface area (Å²) in [4.78, 5) is 9.47. The van der Waals surface area contributed by atoms with E-state index in [0.717, 1.165) is 43.3 Å². The van der Waals surface area contributed by atoms with E-state index >= 15 is 0 Å². The van der Waals surface area contributed by atoms with Gasteiger partial charge in [-0.05, 0) is 24.8 Å². The second-order valence-corrected chi connectivity index (χ2v) is 6.31. The van der Waals surface area contributed by atoms with Crippen LogP contribution in [-0.2, 0) is 0 Å². The molecule has 1 aromatic carbocycles. The van der Waals surface area contributed by atoms with Crippen molar-refractivity contribution in [2.75, 3.05) is 43.4 Å². The van der Waals surface area contributed by atoms with Crippen LogP contribution in [0.2, 0.25) is 0 Å². The Balaban J connectivity index is 1.57. The van der Waals surface area contributed by atoms with Gasteiger partial charge in [0.1, 0.15) is 0 Å². The summed E-state index contributed by atoms with van der Waals surface area (Å²) in [6.07, 6.45) is 4.67. The summed E-state index contributed by atoms with van der Waals surface area (Å²) in [7, 11) is 0. The third kappa shape index (κ3) is 2.56. The Hall–Kier alpha value is -1.81. The van der Waals surface area contributed by atoms with Crippen LogP contribution in [0.25, 0.3) is 10.9 Å². The minimum absolute atomic E-state index is 0.796. The summed E-state index contributed by atoms with van der Waals surface area (Å²) in [6.45, 7) is 5.70. The molecule has 1 aromatic heterocycles. The van der Waals surface area contributed by atoms with Crippen molar-refractivity contribution in [3.8, 4) is 0 Å². The number of anilines is 2. The van der Waals surface area contributed by atoms with Crippen LogP contribution in [-0.4, -0.2) is 42.6 Å². The van der Waals surface area contributed by atoms with Crippen molar-refractivity contribution in [2.45, 2.75) is 12.8 Å². The number of piperazine rings is 1. The van der Waals surface area contributed by atoms with E-state index in [2.05, 4.69) is 33.0 Å². The van der Waals surface area contributed by atoms with E-state index in [1.807, 2.05) is 6.07 Å². The van der Waals surface area contributed by atoms with Gasteiger partial charge in [0.25, 0.3) is 0 Å². The van der Waals surface area contributed by atoms with Crippen molar-refractivity contribution in [1.82, 2.24) is 9.88 Å². The Bertz CT molecular complexity index is 642. The summed E-state index contributed by atoms with van der Waals surface area (Å²) >= 11 is 0. The lowest BCUT2D eigenvalue weighted by Gasteiger charge is -2.37. The largest absolute Gasteiger partial charge is 0.396 e. The SMILES string of the molecule is Nc1cnc2ccccc2c1N1CCN(CC2CC2)CC1. The summed E-state index contributed by atoms with van der Waals surface area (Å²) in [5.74, 6) is 0.975. The van der Waals surface area contributed by atoms with Crippen LogP contribution in [0, 0.1) is 5.92 Å². The summed E-state index contributed by atoms with van der Waals surface area (Å²) in [6, 6.07) is 8.28. The quantitative estimate of drug-likeness (QED) is 0.938. The zero-order valence-electron chi connectivity index (χ0n) is 12.3. The van der Waals surface area contributed by atoms with Gasteiger partial charge in [0, 0.05) is 38.1 Å². The Labute approximate surface area is 125 Å². The number of hydrogen-bond donors (Lipinski definition) is 1. The Morgan fingerprint density at radius 1 is 1.10 bits per heavy atom. The molecule has 0 atom stereocenters. The fraction of sp³-hybridized carbons (Fsp3) is 0.471. The highest BCUT2D eigenvalue weighted by atomic mass is 15.3. The van der Waals surface area contributed by atoms with Gasteiger partial charge >= 0.3 is 0 Å². The number of hydrogen-bond acceptors (Lipinski definition) is 4. The molecular weight excluding hydrogens is 260 g/mol. The number of pyridine rings is 1. The number of aromatic nitrogens is 1. The Morgan fingerprint density at radius 3 is 2.62 bits per heavy atom. The molecule has 2 aliphatic rings. The fourth-order valence-corrected chi connectivity index (χ4v) is 3.31. The van der Waals surface area contributed by atoms with E-state index in [0.29, 0.717) is 0 Å². The molecule has 1 saturated heterocycles. The average Bonchev–Trinajstić information content (AvgIpc) is 3.32. The maximum atomic E-state index is 6.23. The molecule has 4 rings (SSSR count). The van der Waals surface area contributed by atoms with Crippen molar-refractivity contribution >= 4 is 22.3 Å². The van der Waals surface area contributed by atoms with E-state index in [1.54, 1.807) is 6.20 Å². The first-order valence-electron chi connectivity index (χ1n) is 7.92. The summed E-state index contributed by atoms with van der Waals surface area (Å²) < 4.78 is 0. The molecule has 4 nitrogen and oxygen atoms in total. The normalized spacial score (nSPS) is 20.1. The minimum atomic E-state index is 0.796. The summed E-state index contributed by atoms with van der Waals surface area (Å²) in [5, 5.41) is 1.17. The van der Waals surface area contributed by atoms with Gasteiger partial charge in [0.15, 0.2) is 0 Å². The lowest BCUT2D eigenvalue weighted by atomic mass is 10.1. The van der Waals surface area contributed by atoms with Crippen molar-refractivity contribution in [1.29, 1.82) is 0 Å². The number of fused-ring (bicyclic) bond motifs is 1. The van der Waals surface area contributed by atoms with Gasteiger partial charge in [0.2, 0.25) is 0 Å². The monoisotopic (exact) mass is 282 g/mol. The highest BCUT2D eigenvalue weighted by molar-refractivity contribution is 5.97.